The highest BCUT2D eigenvalue weighted by molar-refractivity contribution is 4.64. The largest absolute Gasteiger partial charge is 0.353 e. The molecule has 2 atom stereocenters. The molecule has 22 heavy (non-hydrogen) atoms. The molecular weight excluding hydrogens is 272 g/mol. The molecule has 2 heteroatoms. The molecule has 0 saturated heterocycles. The van der Waals surface area contributed by atoms with E-state index in [-0.39, 0.29) is 0 Å². The Morgan fingerprint density at radius 2 is 1.09 bits per heavy atom. The lowest BCUT2D eigenvalue weighted by atomic mass is 9.91. The highest BCUT2D eigenvalue weighted by atomic mass is 16.7. The summed E-state index contributed by atoms with van der Waals surface area (Å²) < 4.78 is 10.8. The van der Waals surface area contributed by atoms with Crippen molar-refractivity contribution in [3.63, 3.8) is 0 Å². The third-order valence-corrected chi connectivity index (χ3v) is 5.06. The van der Waals surface area contributed by atoms with Gasteiger partial charge in [0.1, 0.15) is 0 Å². The Morgan fingerprint density at radius 1 is 0.682 bits per heavy atom. The van der Waals surface area contributed by atoms with E-state index in [1.165, 1.54) is 51.4 Å². The summed E-state index contributed by atoms with van der Waals surface area (Å²) in [6.45, 7) is 11.5. The van der Waals surface area contributed by atoms with Crippen LogP contribution in [0.5, 0.6) is 0 Å². The normalized spacial score (nSPS) is 15.3. The minimum Gasteiger partial charge on any atom is -0.353 e. The van der Waals surface area contributed by atoms with Gasteiger partial charge in [0.05, 0.1) is 0 Å². The molecule has 0 bridgehead atoms. The predicted molar refractivity (Wildman–Crippen MR) is 97.1 cm³/mol. The van der Waals surface area contributed by atoms with Crippen molar-refractivity contribution < 1.29 is 9.47 Å². The Kier molecular flexibility index (Phi) is 12.3. The van der Waals surface area contributed by atoms with Gasteiger partial charge in [0, 0.05) is 20.6 Å². The van der Waals surface area contributed by atoms with Gasteiger partial charge in [-0.15, -0.1) is 0 Å². The van der Waals surface area contributed by atoms with Crippen molar-refractivity contribution in [1.29, 1.82) is 0 Å². The van der Waals surface area contributed by atoms with E-state index >= 15 is 0 Å². The van der Waals surface area contributed by atoms with Gasteiger partial charge in [-0.2, -0.15) is 0 Å². The number of ether oxygens (including phenoxy) is 2. The van der Waals surface area contributed by atoms with Crippen LogP contribution in [0.3, 0.4) is 0 Å². The van der Waals surface area contributed by atoms with Gasteiger partial charge in [-0.3, -0.25) is 0 Å². The van der Waals surface area contributed by atoms with Crippen LogP contribution in [0.15, 0.2) is 0 Å². The molecule has 0 rings (SSSR count). The summed E-state index contributed by atoms with van der Waals surface area (Å²) in [6.07, 6.45) is 11.8. The van der Waals surface area contributed by atoms with Crippen LogP contribution in [0, 0.1) is 17.8 Å². The van der Waals surface area contributed by atoms with Gasteiger partial charge in [0.15, 0.2) is 5.79 Å². The fraction of sp³-hybridized carbons (Fsp3) is 1.00. The van der Waals surface area contributed by atoms with Crippen LogP contribution in [0.25, 0.3) is 0 Å². The molecule has 0 N–H and O–H groups in total. The minimum absolute atomic E-state index is 0.398. The molecule has 2 nitrogen and oxygen atoms in total. The van der Waals surface area contributed by atoms with Crippen LogP contribution in [0.2, 0.25) is 0 Å². The topological polar surface area (TPSA) is 18.5 Å². The minimum atomic E-state index is -0.398. The molecule has 134 valence electrons. The van der Waals surface area contributed by atoms with E-state index in [1.54, 1.807) is 14.2 Å². The predicted octanol–water partition coefficient (Wildman–Crippen LogP) is 6.43. The molecule has 0 aromatic heterocycles. The van der Waals surface area contributed by atoms with Crippen LogP contribution in [-0.2, 0) is 9.47 Å². The van der Waals surface area contributed by atoms with Crippen LogP contribution in [-0.4, -0.2) is 20.0 Å². The third kappa shape index (κ3) is 11.5. The van der Waals surface area contributed by atoms with E-state index in [9.17, 15) is 0 Å². The van der Waals surface area contributed by atoms with Crippen molar-refractivity contribution in [3.8, 4) is 0 Å². The summed E-state index contributed by atoms with van der Waals surface area (Å²) >= 11 is 0. The Morgan fingerprint density at radius 3 is 1.50 bits per heavy atom. The Labute approximate surface area is 140 Å². The molecule has 0 aliphatic rings. The molecular formula is C20H42O2. The molecule has 0 aliphatic heterocycles. The maximum absolute atomic E-state index is 5.41. The summed E-state index contributed by atoms with van der Waals surface area (Å²) in [6, 6.07) is 0. The number of hydrogen-bond donors (Lipinski definition) is 0. The molecule has 0 amide bonds. The van der Waals surface area contributed by atoms with Crippen molar-refractivity contribution in [2.75, 3.05) is 14.2 Å². The zero-order chi connectivity index (χ0) is 17.0. The summed E-state index contributed by atoms with van der Waals surface area (Å²) in [5.41, 5.74) is 0. The SMILES string of the molecule is COC(C)(CCC[C@H](C)CCC[C@H](C)CCCC(C)C)OC. The Bertz CT molecular complexity index is 246. The van der Waals surface area contributed by atoms with E-state index in [2.05, 4.69) is 27.7 Å². The smallest absolute Gasteiger partial charge is 0.164 e. The fourth-order valence-corrected chi connectivity index (χ4v) is 3.04. The van der Waals surface area contributed by atoms with E-state index in [1.807, 2.05) is 6.92 Å². The third-order valence-electron chi connectivity index (χ3n) is 5.06. The summed E-state index contributed by atoms with van der Waals surface area (Å²) in [5, 5.41) is 0. The fourth-order valence-electron chi connectivity index (χ4n) is 3.04. The Hall–Kier alpha value is -0.0800. The van der Waals surface area contributed by atoms with E-state index in [0.717, 1.165) is 24.2 Å². The molecule has 0 aromatic rings. The summed E-state index contributed by atoms with van der Waals surface area (Å²) in [4.78, 5) is 0. The van der Waals surface area contributed by atoms with Gasteiger partial charge in [-0.1, -0.05) is 72.6 Å². The van der Waals surface area contributed by atoms with Crippen LogP contribution in [0.1, 0.15) is 92.4 Å². The van der Waals surface area contributed by atoms with Gasteiger partial charge >= 0.3 is 0 Å². The quantitative estimate of drug-likeness (QED) is 0.344. The van der Waals surface area contributed by atoms with Crippen LogP contribution in [0.4, 0.5) is 0 Å². The molecule has 0 radical (unpaired) electrons. The molecule has 0 spiro atoms. The maximum atomic E-state index is 5.41. The summed E-state index contributed by atoms with van der Waals surface area (Å²) in [5.74, 6) is 2.18. The molecule has 0 heterocycles. The first-order chi connectivity index (χ1) is 10.3. The van der Waals surface area contributed by atoms with Crippen LogP contribution >= 0.6 is 0 Å². The zero-order valence-corrected chi connectivity index (χ0v) is 16.4. The van der Waals surface area contributed by atoms with E-state index in [0.29, 0.717) is 0 Å². The lowest BCUT2D eigenvalue weighted by Gasteiger charge is -2.26. The number of methoxy groups -OCH3 is 2. The molecule has 0 saturated carbocycles. The Balaban J connectivity index is 3.62. The van der Waals surface area contributed by atoms with Crippen LogP contribution < -0.4 is 0 Å². The lowest BCUT2D eigenvalue weighted by molar-refractivity contribution is -0.198. The van der Waals surface area contributed by atoms with Crippen molar-refractivity contribution in [3.05, 3.63) is 0 Å². The molecule has 0 fully saturated rings. The first-order valence-corrected chi connectivity index (χ1v) is 9.43. The first kappa shape index (κ1) is 21.9. The van der Waals surface area contributed by atoms with Gasteiger partial charge in [0.2, 0.25) is 0 Å². The summed E-state index contributed by atoms with van der Waals surface area (Å²) in [7, 11) is 3.46. The van der Waals surface area contributed by atoms with E-state index < -0.39 is 5.79 Å². The molecule has 0 aliphatic carbocycles. The van der Waals surface area contributed by atoms with Gasteiger partial charge in [-0.25, -0.2) is 0 Å². The van der Waals surface area contributed by atoms with Gasteiger partial charge in [0.25, 0.3) is 0 Å². The average Bonchev–Trinajstić information content (AvgIpc) is 2.46. The zero-order valence-electron chi connectivity index (χ0n) is 16.4. The second-order valence-electron chi connectivity index (χ2n) is 7.90. The molecule has 0 aromatic carbocycles. The van der Waals surface area contributed by atoms with Gasteiger partial charge in [-0.05, 0) is 31.1 Å². The number of rotatable bonds is 14. The van der Waals surface area contributed by atoms with Crippen molar-refractivity contribution >= 4 is 0 Å². The second-order valence-corrected chi connectivity index (χ2v) is 7.90. The average molecular weight is 315 g/mol. The second kappa shape index (κ2) is 12.4. The lowest BCUT2D eigenvalue weighted by Crippen LogP contribution is -2.29. The maximum Gasteiger partial charge on any atom is 0.164 e. The van der Waals surface area contributed by atoms with E-state index in [4.69, 9.17) is 9.47 Å². The first-order valence-electron chi connectivity index (χ1n) is 9.43. The van der Waals surface area contributed by atoms with Crippen molar-refractivity contribution in [1.82, 2.24) is 0 Å². The number of hydrogen-bond acceptors (Lipinski definition) is 2. The van der Waals surface area contributed by atoms with Gasteiger partial charge < -0.3 is 9.47 Å². The van der Waals surface area contributed by atoms with Crippen molar-refractivity contribution in [2.24, 2.45) is 17.8 Å². The standard InChI is InChI=1S/C20H42O2/c1-17(2)11-8-12-18(3)13-9-14-19(4)15-10-16-20(5,21-6)22-7/h17-19H,8-16H2,1-7H3/t18-,19-/m1/s1. The monoisotopic (exact) mass is 314 g/mol. The highest BCUT2D eigenvalue weighted by Crippen LogP contribution is 2.24. The highest BCUT2D eigenvalue weighted by Gasteiger charge is 2.21. The van der Waals surface area contributed by atoms with Crippen molar-refractivity contribution in [2.45, 2.75) is 98.2 Å². The molecule has 0 unspecified atom stereocenters.